The van der Waals surface area contributed by atoms with Crippen molar-refractivity contribution in [3.63, 3.8) is 0 Å². The van der Waals surface area contributed by atoms with E-state index in [1.807, 2.05) is 36.4 Å². The van der Waals surface area contributed by atoms with Crippen LogP contribution >= 0.6 is 0 Å². The summed E-state index contributed by atoms with van der Waals surface area (Å²) in [5.41, 5.74) is 5.09. The number of aryl methyl sites for hydroxylation is 1. The molecule has 2 unspecified atom stereocenters. The van der Waals surface area contributed by atoms with Crippen molar-refractivity contribution in [1.29, 1.82) is 0 Å². The summed E-state index contributed by atoms with van der Waals surface area (Å²) in [4.78, 5) is 13.2. The molecule has 3 rings (SSSR count). The van der Waals surface area contributed by atoms with Crippen molar-refractivity contribution in [2.45, 2.75) is 69.4 Å². The number of rotatable bonds is 9. The third kappa shape index (κ3) is 4.45. The molecule has 0 fully saturated rings. The Morgan fingerprint density at radius 3 is 2.13 bits per heavy atom. The van der Waals surface area contributed by atoms with Gasteiger partial charge in [-0.25, -0.2) is 0 Å². The first-order valence-electron chi connectivity index (χ1n) is 10.8. The van der Waals surface area contributed by atoms with Crippen LogP contribution < -0.4 is 0 Å². The molecule has 0 amide bonds. The topological polar surface area (TPSA) is 118 Å². The summed E-state index contributed by atoms with van der Waals surface area (Å²) >= 11 is 0. The highest BCUT2D eigenvalue weighted by Gasteiger charge is 2.47. The Balaban J connectivity index is 1.96. The fraction of sp³-hybridized carbons (Fsp3) is 0.480. The van der Waals surface area contributed by atoms with Crippen LogP contribution in [-0.2, 0) is 11.2 Å². The van der Waals surface area contributed by atoms with Gasteiger partial charge in [-0.05, 0) is 40.2 Å². The van der Waals surface area contributed by atoms with Crippen molar-refractivity contribution in [3.8, 4) is 0 Å². The second-order valence-electron chi connectivity index (χ2n) is 8.67. The van der Waals surface area contributed by atoms with Crippen LogP contribution in [0.5, 0.6) is 0 Å². The molecule has 0 spiro atoms. The van der Waals surface area contributed by atoms with Gasteiger partial charge in [-0.15, -0.1) is 0 Å². The van der Waals surface area contributed by atoms with Crippen molar-refractivity contribution in [1.82, 2.24) is 0 Å². The van der Waals surface area contributed by atoms with Crippen molar-refractivity contribution >= 4 is 5.78 Å². The molecule has 0 heterocycles. The summed E-state index contributed by atoms with van der Waals surface area (Å²) in [5.74, 6) is -1.24. The smallest absolute Gasteiger partial charge is 0.172 e. The van der Waals surface area contributed by atoms with Crippen LogP contribution in [0.25, 0.3) is 0 Å². The molecule has 5 N–H and O–H groups in total. The van der Waals surface area contributed by atoms with Crippen LogP contribution in [0.2, 0.25) is 0 Å². The lowest BCUT2D eigenvalue weighted by atomic mass is 9.61. The number of aliphatic hydroxyl groups is 5. The molecule has 0 saturated carbocycles. The number of hydrogen-bond acceptors (Lipinski definition) is 6. The maximum absolute atomic E-state index is 13.2. The predicted octanol–water partition coefficient (Wildman–Crippen LogP) is 1.61. The van der Waals surface area contributed by atoms with Crippen LogP contribution in [0.3, 0.4) is 0 Å². The third-order valence-electron chi connectivity index (χ3n) is 6.38. The molecule has 1 aliphatic rings. The zero-order chi connectivity index (χ0) is 22.9. The molecule has 2 aromatic carbocycles. The van der Waals surface area contributed by atoms with E-state index in [4.69, 9.17) is 5.11 Å². The van der Waals surface area contributed by atoms with E-state index < -0.39 is 42.7 Å². The van der Waals surface area contributed by atoms with Gasteiger partial charge in [0.2, 0.25) is 0 Å². The maximum Gasteiger partial charge on any atom is 0.172 e. The van der Waals surface area contributed by atoms with Crippen LogP contribution in [0.15, 0.2) is 42.5 Å². The largest absolute Gasteiger partial charge is 0.394 e. The number of fused-ring (bicyclic) bond motifs is 1. The summed E-state index contributed by atoms with van der Waals surface area (Å²) in [6.07, 6.45) is -6.39. The van der Waals surface area contributed by atoms with E-state index in [0.717, 1.165) is 28.7 Å². The van der Waals surface area contributed by atoms with E-state index in [9.17, 15) is 25.2 Å². The molecule has 0 saturated heterocycles. The summed E-state index contributed by atoms with van der Waals surface area (Å²) in [6.45, 7) is 5.47. The van der Waals surface area contributed by atoms with E-state index in [-0.39, 0.29) is 5.92 Å². The second-order valence-corrected chi connectivity index (χ2v) is 8.67. The molecule has 168 valence electrons. The molecule has 6 atom stereocenters. The number of aliphatic hydroxyl groups excluding tert-OH is 5. The normalized spacial score (nSPS) is 21.7. The molecule has 0 radical (unpaired) electrons. The predicted molar refractivity (Wildman–Crippen MR) is 117 cm³/mol. The number of carbonyl (C=O) groups excluding carboxylic acids is 1. The maximum atomic E-state index is 13.2. The highest BCUT2D eigenvalue weighted by Crippen LogP contribution is 2.52. The lowest BCUT2D eigenvalue weighted by Crippen LogP contribution is -2.51. The lowest BCUT2D eigenvalue weighted by Gasteiger charge is -2.41. The minimum atomic E-state index is -1.91. The van der Waals surface area contributed by atoms with Gasteiger partial charge in [0.25, 0.3) is 0 Å². The Morgan fingerprint density at radius 2 is 1.58 bits per heavy atom. The SMILES string of the molecule is CCc1ccc(C2c3cc(C(C)C)ccc3C2C(=O)[C@H](O)[C@@H](O)[C@H](O)[C@H](O)CO)cc1. The molecule has 0 aromatic heterocycles. The number of ketones is 1. The Hall–Kier alpha value is -2.09. The monoisotopic (exact) mass is 428 g/mol. The van der Waals surface area contributed by atoms with Crippen LogP contribution in [0, 0.1) is 0 Å². The van der Waals surface area contributed by atoms with Gasteiger partial charge in [0.15, 0.2) is 5.78 Å². The average Bonchev–Trinajstić information content (AvgIpc) is 2.77. The van der Waals surface area contributed by atoms with E-state index in [1.165, 1.54) is 5.56 Å². The fourth-order valence-corrected chi connectivity index (χ4v) is 4.29. The highest BCUT2D eigenvalue weighted by atomic mass is 16.4. The van der Waals surface area contributed by atoms with E-state index in [2.05, 4.69) is 26.8 Å². The Morgan fingerprint density at radius 1 is 0.935 bits per heavy atom. The molecule has 31 heavy (non-hydrogen) atoms. The molecule has 6 heteroatoms. The van der Waals surface area contributed by atoms with E-state index >= 15 is 0 Å². The standard InChI is InChI=1S/C25H32O6/c1-4-14-5-7-15(8-6-14)20-18-11-16(13(2)3)9-10-17(18)21(20)23(29)25(31)24(30)22(28)19(27)12-26/h5-11,13,19-22,24-28,30-31H,4,12H2,1-3H3/t19-,20?,21?,22-,24+,25+/m1/s1. The number of Topliss-reactive ketones (excluding diaryl/α,β-unsaturated/α-hetero) is 1. The Labute approximate surface area is 182 Å². The van der Waals surface area contributed by atoms with Crippen molar-refractivity contribution in [2.75, 3.05) is 6.61 Å². The van der Waals surface area contributed by atoms with Gasteiger partial charge in [-0.3, -0.25) is 4.79 Å². The Bertz CT molecular complexity index is 907. The van der Waals surface area contributed by atoms with Crippen LogP contribution in [-0.4, -0.2) is 62.3 Å². The van der Waals surface area contributed by atoms with Gasteiger partial charge < -0.3 is 25.5 Å². The lowest BCUT2D eigenvalue weighted by molar-refractivity contribution is -0.149. The molecule has 2 aromatic rings. The van der Waals surface area contributed by atoms with Gasteiger partial charge in [-0.2, -0.15) is 0 Å². The molecular weight excluding hydrogens is 396 g/mol. The minimum Gasteiger partial charge on any atom is -0.394 e. The van der Waals surface area contributed by atoms with E-state index in [1.54, 1.807) is 0 Å². The fourth-order valence-electron chi connectivity index (χ4n) is 4.29. The molecule has 6 nitrogen and oxygen atoms in total. The molecule has 0 aliphatic heterocycles. The first kappa shape index (κ1) is 23.6. The van der Waals surface area contributed by atoms with Gasteiger partial charge in [0.05, 0.1) is 12.5 Å². The molecule has 1 aliphatic carbocycles. The first-order valence-corrected chi connectivity index (χ1v) is 10.8. The highest BCUT2D eigenvalue weighted by molar-refractivity contribution is 5.94. The van der Waals surface area contributed by atoms with Gasteiger partial charge >= 0.3 is 0 Å². The van der Waals surface area contributed by atoms with Crippen molar-refractivity contribution in [2.24, 2.45) is 0 Å². The van der Waals surface area contributed by atoms with Crippen molar-refractivity contribution in [3.05, 3.63) is 70.3 Å². The zero-order valence-electron chi connectivity index (χ0n) is 18.1. The zero-order valence-corrected chi connectivity index (χ0v) is 18.1. The second kappa shape index (κ2) is 9.59. The minimum absolute atomic E-state index is 0.270. The van der Waals surface area contributed by atoms with Gasteiger partial charge in [0.1, 0.15) is 24.4 Å². The number of hydrogen-bond donors (Lipinski definition) is 5. The van der Waals surface area contributed by atoms with Crippen molar-refractivity contribution < 1.29 is 30.3 Å². The quantitative estimate of drug-likeness (QED) is 0.414. The summed E-state index contributed by atoms with van der Waals surface area (Å²) < 4.78 is 0. The number of carbonyl (C=O) groups is 1. The number of benzene rings is 2. The molecular formula is C25H32O6. The van der Waals surface area contributed by atoms with Crippen LogP contribution in [0.1, 0.15) is 66.3 Å². The van der Waals surface area contributed by atoms with E-state index in [0.29, 0.717) is 5.92 Å². The van der Waals surface area contributed by atoms with Gasteiger partial charge in [0, 0.05) is 5.92 Å². The third-order valence-corrected chi connectivity index (χ3v) is 6.38. The summed E-state index contributed by atoms with van der Waals surface area (Å²) in [5, 5.41) is 49.2. The summed E-state index contributed by atoms with van der Waals surface area (Å²) in [7, 11) is 0. The van der Waals surface area contributed by atoms with Crippen LogP contribution in [0.4, 0.5) is 0 Å². The Kier molecular flexibility index (Phi) is 7.29. The average molecular weight is 429 g/mol. The summed E-state index contributed by atoms with van der Waals surface area (Å²) in [6, 6.07) is 14.0. The molecule has 0 bridgehead atoms. The van der Waals surface area contributed by atoms with Gasteiger partial charge in [-0.1, -0.05) is 63.2 Å². The first-order chi connectivity index (χ1) is 14.7.